The molecule has 7 rings (SSSR count). The zero-order valence-electron chi connectivity index (χ0n) is 34.6. The van der Waals surface area contributed by atoms with Gasteiger partial charge in [0.05, 0.1) is 24.3 Å². The van der Waals surface area contributed by atoms with E-state index in [1.54, 1.807) is 16.9 Å². The van der Waals surface area contributed by atoms with Crippen molar-refractivity contribution in [2.45, 2.75) is 89.4 Å². The number of hydrogen-bond donors (Lipinski definition) is 1. The summed E-state index contributed by atoms with van der Waals surface area (Å²) in [6, 6.07) is 22.3. The number of carbonyl (C=O) groups is 3. The lowest BCUT2D eigenvalue weighted by molar-refractivity contribution is -0.124. The quantitative estimate of drug-likeness (QED) is 0.174. The van der Waals surface area contributed by atoms with E-state index in [1.165, 1.54) is 0 Å². The summed E-state index contributed by atoms with van der Waals surface area (Å²) in [4.78, 5) is 49.4. The van der Waals surface area contributed by atoms with Gasteiger partial charge in [-0.1, -0.05) is 36.4 Å². The molecule has 312 valence electrons. The molecule has 0 bridgehead atoms. The Hall–Kier alpha value is -4.65. The number of anilines is 2. The zero-order valence-corrected chi connectivity index (χ0v) is 34.6. The number of aliphatic hydroxyl groups is 1. The fourth-order valence-electron chi connectivity index (χ4n) is 8.39. The van der Waals surface area contributed by atoms with Crippen molar-refractivity contribution in [2.24, 2.45) is 5.92 Å². The van der Waals surface area contributed by atoms with E-state index in [2.05, 4.69) is 35.2 Å². The zero-order chi connectivity index (χ0) is 40.8. The maximum atomic E-state index is 15.1. The van der Waals surface area contributed by atoms with E-state index in [4.69, 9.17) is 18.9 Å². The second kappa shape index (κ2) is 18.5. The molecule has 12 nitrogen and oxygen atoms in total. The van der Waals surface area contributed by atoms with Gasteiger partial charge in [-0.25, -0.2) is 4.79 Å². The molecule has 58 heavy (non-hydrogen) atoms. The number of likely N-dealkylation sites (tertiary alicyclic amines) is 2. The molecule has 12 heteroatoms. The van der Waals surface area contributed by atoms with Crippen molar-refractivity contribution in [3.8, 4) is 22.6 Å². The SMILES string of the molecule is COCCCN1C(=O)COc2ccc(N(C(=O)[C@H]3CN(C(=O)OC(C)(C)C)CC[C@@H]3c3cccc(-c4ccc(OCCCN5CCC(O)CC5)cc4)c3)C3CC3)cc21. The Morgan fingerprint density at radius 3 is 2.36 bits per heavy atom. The van der Waals surface area contributed by atoms with Gasteiger partial charge in [-0.2, -0.15) is 0 Å². The van der Waals surface area contributed by atoms with Crippen LogP contribution in [0.1, 0.15) is 77.2 Å². The Morgan fingerprint density at radius 2 is 1.64 bits per heavy atom. The van der Waals surface area contributed by atoms with Crippen LogP contribution in [0.4, 0.5) is 16.2 Å². The average molecular weight is 797 g/mol. The van der Waals surface area contributed by atoms with Crippen molar-refractivity contribution in [3.05, 3.63) is 72.3 Å². The van der Waals surface area contributed by atoms with Crippen LogP contribution in [0.5, 0.6) is 11.5 Å². The second-order valence-electron chi connectivity index (χ2n) is 17.1. The van der Waals surface area contributed by atoms with Gasteiger partial charge < -0.3 is 43.7 Å². The van der Waals surface area contributed by atoms with Gasteiger partial charge in [0.25, 0.3) is 5.91 Å². The van der Waals surface area contributed by atoms with Gasteiger partial charge in [0, 0.05) is 64.7 Å². The minimum Gasteiger partial charge on any atom is -0.494 e. The summed E-state index contributed by atoms with van der Waals surface area (Å²) in [5.74, 6) is 0.589. The van der Waals surface area contributed by atoms with Crippen LogP contribution in [-0.2, 0) is 19.1 Å². The molecule has 1 N–H and O–H groups in total. The number of rotatable bonds is 14. The molecule has 0 radical (unpaired) electrons. The Balaban J connectivity index is 1.11. The van der Waals surface area contributed by atoms with Crippen molar-refractivity contribution in [1.29, 1.82) is 0 Å². The second-order valence-corrected chi connectivity index (χ2v) is 17.1. The summed E-state index contributed by atoms with van der Waals surface area (Å²) >= 11 is 0. The van der Waals surface area contributed by atoms with Crippen LogP contribution in [0.2, 0.25) is 0 Å². The lowest BCUT2D eigenvalue weighted by Crippen LogP contribution is -2.51. The Kier molecular flexibility index (Phi) is 13.2. The highest BCUT2D eigenvalue weighted by molar-refractivity contribution is 6.01. The summed E-state index contributed by atoms with van der Waals surface area (Å²) in [5, 5.41) is 9.77. The molecule has 3 amide bonds. The lowest BCUT2D eigenvalue weighted by atomic mass is 9.78. The summed E-state index contributed by atoms with van der Waals surface area (Å²) in [7, 11) is 1.64. The van der Waals surface area contributed by atoms with Gasteiger partial charge >= 0.3 is 6.09 Å². The number of carbonyl (C=O) groups excluding carboxylic acids is 3. The molecule has 3 aliphatic heterocycles. The van der Waals surface area contributed by atoms with E-state index in [1.807, 2.05) is 62.1 Å². The molecule has 0 aromatic heterocycles. The van der Waals surface area contributed by atoms with Gasteiger partial charge in [-0.15, -0.1) is 0 Å². The predicted molar refractivity (Wildman–Crippen MR) is 224 cm³/mol. The molecule has 1 aliphatic carbocycles. The lowest BCUT2D eigenvalue weighted by Gasteiger charge is -2.41. The standard InChI is InChI=1S/C46H60N4O8/c1-46(2,3)58-45(54)48-25-20-39(34-9-5-8-33(28-34)32-10-15-38(16-11-32)56-27-6-21-47-23-18-37(51)19-24-47)40(30-48)44(53)50(35-12-13-35)36-14-17-42-41(29-36)49(22-7-26-55-4)43(52)31-57-42/h5,8-11,14-17,28-29,35,37,39-40,51H,6-7,12-13,18-27,30-31H2,1-4H3/t39-,40+/m1/s1. The third kappa shape index (κ3) is 10.3. The van der Waals surface area contributed by atoms with E-state index < -0.39 is 17.6 Å². The van der Waals surface area contributed by atoms with E-state index in [9.17, 15) is 14.7 Å². The number of benzene rings is 3. The predicted octanol–water partition coefficient (Wildman–Crippen LogP) is 6.88. The van der Waals surface area contributed by atoms with Gasteiger partial charge in [-0.3, -0.25) is 9.59 Å². The van der Waals surface area contributed by atoms with Gasteiger partial charge in [0.15, 0.2) is 6.61 Å². The molecule has 3 heterocycles. The van der Waals surface area contributed by atoms with Crippen molar-refractivity contribution in [3.63, 3.8) is 0 Å². The van der Waals surface area contributed by atoms with Crippen molar-refractivity contribution < 1.29 is 38.4 Å². The van der Waals surface area contributed by atoms with Crippen LogP contribution in [0, 0.1) is 5.92 Å². The first-order valence-electron chi connectivity index (χ1n) is 21.1. The maximum Gasteiger partial charge on any atom is 0.410 e. The van der Waals surface area contributed by atoms with Gasteiger partial charge in [0.1, 0.15) is 17.1 Å². The third-order valence-corrected chi connectivity index (χ3v) is 11.6. The highest BCUT2D eigenvalue weighted by atomic mass is 16.6. The number of piperidine rings is 2. The molecule has 2 saturated heterocycles. The number of fused-ring (bicyclic) bond motifs is 1. The van der Waals surface area contributed by atoms with Crippen LogP contribution < -0.4 is 19.3 Å². The number of methoxy groups -OCH3 is 1. The summed E-state index contributed by atoms with van der Waals surface area (Å²) in [5.41, 5.74) is 3.85. The Labute approximate surface area is 343 Å². The number of aliphatic hydroxyl groups excluding tert-OH is 1. The first-order valence-corrected chi connectivity index (χ1v) is 21.1. The van der Waals surface area contributed by atoms with E-state index in [0.29, 0.717) is 50.6 Å². The summed E-state index contributed by atoms with van der Waals surface area (Å²) in [6.07, 6.45) is 5.06. The number of nitrogens with zero attached hydrogens (tertiary/aromatic N) is 4. The number of ether oxygens (including phenoxy) is 4. The normalized spacial score (nSPS) is 20.3. The van der Waals surface area contributed by atoms with Crippen LogP contribution in [0.15, 0.2) is 66.7 Å². The molecule has 1 saturated carbocycles. The number of amides is 3. The first-order chi connectivity index (χ1) is 28.0. The molecule has 3 fully saturated rings. The molecule has 0 unspecified atom stereocenters. The smallest absolute Gasteiger partial charge is 0.410 e. The molecule has 3 aromatic carbocycles. The fraction of sp³-hybridized carbons (Fsp3) is 0.543. The Morgan fingerprint density at radius 1 is 0.879 bits per heavy atom. The fourth-order valence-corrected chi connectivity index (χ4v) is 8.39. The minimum absolute atomic E-state index is 0.0242. The molecule has 3 aromatic rings. The minimum atomic E-state index is -0.668. The Bertz CT molecular complexity index is 1880. The van der Waals surface area contributed by atoms with Crippen LogP contribution in [-0.4, -0.2) is 117 Å². The molecule has 2 atom stereocenters. The molecule has 0 spiro atoms. The van der Waals surface area contributed by atoms with Crippen LogP contribution >= 0.6 is 0 Å². The monoisotopic (exact) mass is 796 g/mol. The van der Waals surface area contributed by atoms with E-state index >= 15 is 4.79 Å². The largest absolute Gasteiger partial charge is 0.494 e. The maximum absolute atomic E-state index is 15.1. The summed E-state index contributed by atoms with van der Waals surface area (Å²) < 4.78 is 23.0. The van der Waals surface area contributed by atoms with E-state index in [-0.39, 0.29) is 43.0 Å². The highest BCUT2D eigenvalue weighted by Crippen LogP contribution is 2.43. The average Bonchev–Trinajstić information content (AvgIpc) is 4.06. The van der Waals surface area contributed by atoms with Gasteiger partial charge in [-0.05, 0) is 119 Å². The molecular weight excluding hydrogens is 737 g/mol. The van der Waals surface area contributed by atoms with Crippen molar-refractivity contribution >= 4 is 29.3 Å². The summed E-state index contributed by atoms with van der Waals surface area (Å²) in [6.45, 7) is 10.7. The first kappa shape index (κ1) is 41.5. The van der Waals surface area contributed by atoms with E-state index in [0.717, 1.165) is 79.9 Å². The highest BCUT2D eigenvalue weighted by Gasteiger charge is 2.44. The van der Waals surface area contributed by atoms with Crippen molar-refractivity contribution in [1.82, 2.24) is 9.80 Å². The number of hydrogen-bond acceptors (Lipinski definition) is 9. The third-order valence-electron chi connectivity index (χ3n) is 11.6. The van der Waals surface area contributed by atoms with Crippen LogP contribution in [0.3, 0.4) is 0 Å². The van der Waals surface area contributed by atoms with Gasteiger partial charge in [0.2, 0.25) is 5.91 Å². The topological polar surface area (TPSA) is 121 Å². The molecule has 4 aliphatic rings. The van der Waals surface area contributed by atoms with Crippen LogP contribution in [0.25, 0.3) is 11.1 Å². The van der Waals surface area contributed by atoms with Crippen molar-refractivity contribution in [2.75, 3.05) is 76.0 Å². The molecular formula is C46H60N4O8.